The number of nitrogens with one attached hydrogen (secondary N) is 1. The van der Waals surface area contributed by atoms with Gasteiger partial charge in [0.1, 0.15) is 5.82 Å². The summed E-state index contributed by atoms with van der Waals surface area (Å²) in [6.45, 7) is 0. The van der Waals surface area contributed by atoms with E-state index in [0.29, 0.717) is 12.8 Å². The minimum Gasteiger partial charge on any atom is -0.355 e. The van der Waals surface area contributed by atoms with Gasteiger partial charge in [-0.1, -0.05) is 12.8 Å². The summed E-state index contributed by atoms with van der Waals surface area (Å²) in [6.07, 6.45) is -1.96. The van der Waals surface area contributed by atoms with Gasteiger partial charge >= 0.3 is 12.2 Å². The zero-order chi connectivity index (χ0) is 23.9. The lowest BCUT2D eigenvalue weighted by Crippen LogP contribution is -2.40. The summed E-state index contributed by atoms with van der Waals surface area (Å²) >= 11 is 0. The zero-order valence-electron chi connectivity index (χ0n) is 17.6. The molecule has 3 amide bonds. The van der Waals surface area contributed by atoms with Gasteiger partial charge in [0.2, 0.25) is 0 Å². The Labute approximate surface area is 187 Å². The van der Waals surface area contributed by atoms with Crippen LogP contribution in [0.15, 0.2) is 36.4 Å². The van der Waals surface area contributed by atoms with E-state index in [0.717, 1.165) is 31.0 Å². The van der Waals surface area contributed by atoms with Crippen molar-refractivity contribution in [2.45, 2.75) is 43.9 Å². The predicted molar refractivity (Wildman–Crippen MR) is 112 cm³/mol. The maximum Gasteiger partial charge on any atom is 0.417 e. The average molecular weight is 460 g/mol. The Kier molecular flexibility index (Phi) is 5.74. The molecule has 33 heavy (non-hydrogen) atoms. The number of nitriles is 1. The summed E-state index contributed by atoms with van der Waals surface area (Å²) in [5.74, 6) is -1.41. The molecule has 1 aliphatic carbocycles. The smallest absolute Gasteiger partial charge is 0.355 e. The van der Waals surface area contributed by atoms with Crippen LogP contribution in [0.25, 0.3) is 0 Å². The molecule has 4 rings (SSSR count). The van der Waals surface area contributed by atoms with Gasteiger partial charge in [-0.05, 0) is 49.2 Å². The number of amides is 3. The molecule has 10 heteroatoms. The first-order valence-corrected chi connectivity index (χ1v) is 10.4. The largest absolute Gasteiger partial charge is 0.417 e. The Morgan fingerprint density at radius 3 is 2.15 bits per heavy atom. The number of alkyl halides is 3. The van der Waals surface area contributed by atoms with Crippen LogP contribution in [-0.4, -0.2) is 31.1 Å². The summed E-state index contributed by atoms with van der Waals surface area (Å²) in [5.41, 5.74) is -1.54. The molecule has 172 valence electrons. The van der Waals surface area contributed by atoms with E-state index < -0.39 is 41.1 Å². The lowest BCUT2D eigenvalue weighted by Gasteiger charge is -2.32. The number of halogens is 4. The van der Waals surface area contributed by atoms with Gasteiger partial charge in [0.25, 0.3) is 5.91 Å². The van der Waals surface area contributed by atoms with Crippen LogP contribution in [0.5, 0.6) is 0 Å². The van der Waals surface area contributed by atoms with Crippen molar-refractivity contribution in [1.29, 1.82) is 5.26 Å². The molecule has 2 fully saturated rings. The first-order valence-electron chi connectivity index (χ1n) is 10.4. The number of anilines is 2. The minimum absolute atomic E-state index is 0.0353. The van der Waals surface area contributed by atoms with Gasteiger partial charge in [0.05, 0.1) is 34.8 Å². The van der Waals surface area contributed by atoms with E-state index in [9.17, 15) is 27.2 Å². The van der Waals surface area contributed by atoms with Crippen LogP contribution in [0, 0.1) is 17.1 Å². The Morgan fingerprint density at radius 2 is 1.64 bits per heavy atom. The molecule has 1 N–H and O–H groups in total. The van der Waals surface area contributed by atoms with Crippen LogP contribution in [0.3, 0.4) is 0 Å². The van der Waals surface area contributed by atoms with E-state index in [-0.39, 0.29) is 23.0 Å². The minimum atomic E-state index is -4.76. The Hall–Kier alpha value is -3.61. The third-order valence-electron chi connectivity index (χ3n) is 6.18. The number of carbonyl (C=O) groups is 2. The SMILES string of the molecule is CNC(=O)c1ccc(N2C(=O)N(c3ccc(C#N)c(C(F)(F)F)c3)[C@@H]3CCCC[C@H]32)cc1F. The quantitative estimate of drug-likeness (QED) is 0.667. The van der Waals surface area contributed by atoms with Crippen molar-refractivity contribution in [3.63, 3.8) is 0 Å². The normalized spacial score (nSPS) is 20.4. The highest BCUT2D eigenvalue weighted by Crippen LogP contribution is 2.42. The predicted octanol–water partition coefficient (Wildman–Crippen LogP) is 4.83. The molecule has 1 saturated heterocycles. The molecular formula is C23H20F4N4O2. The molecular weight excluding hydrogens is 440 g/mol. The maximum absolute atomic E-state index is 14.6. The van der Waals surface area contributed by atoms with Crippen molar-refractivity contribution in [2.75, 3.05) is 16.8 Å². The standard InChI is InChI=1S/C23H20F4N4O2/c1-29-21(32)16-9-8-15(11-18(16)24)31-20-5-3-2-4-19(20)30(22(31)33)14-7-6-13(12-28)17(10-14)23(25,26)27/h6-11,19-20H,2-5H2,1H3,(H,29,32)/t19-,20-/m1/s1. The highest BCUT2D eigenvalue weighted by molar-refractivity contribution is 6.08. The van der Waals surface area contributed by atoms with Crippen molar-refractivity contribution in [3.8, 4) is 6.07 Å². The molecule has 0 radical (unpaired) electrons. The number of urea groups is 1. The van der Waals surface area contributed by atoms with E-state index >= 15 is 0 Å². The van der Waals surface area contributed by atoms with Crippen molar-refractivity contribution in [1.82, 2.24) is 5.32 Å². The van der Waals surface area contributed by atoms with E-state index in [4.69, 9.17) is 5.26 Å². The number of hydrogen-bond donors (Lipinski definition) is 1. The topological polar surface area (TPSA) is 76.4 Å². The molecule has 0 aromatic heterocycles. The lowest BCUT2D eigenvalue weighted by molar-refractivity contribution is -0.137. The summed E-state index contributed by atoms with van der Waals surface area (Å²) in [5, 5.41) is 11.4. The first kappa shape index (κ1) is 22.6. The molecule has 2 aliphatic rings. The zero-order valence-corrected chi connectivity index (χ0v) is 17.6. The average Bonchev–Trinajstić information content (AvgIpc) is 3.09. The Morgan fingerprint density at radius 1 is 1.06 bits per heavy atom. The fourth-order valence-corrected chi connectivity index (χ4v) is 4.68. The number of hydrogen-bond acceptors (Lipinski definition) is 3. The van der Waals surface area contributed by atoms with Crippen molar-refractivity contribution < 1.29 is 27.2 Å². The molecule has 0 unspecified atom stereocenters. The fourth-order valence-electron chi connectivity index (χ4n) is 4.68. The van der Waals surface area contributed by atoms with Crippen LogP contribution in [-0.2, 0) is 6.18 Å². The second kappa shape index (κ2) is 8.39. The van der Waals surface area contributed by atoms with Gasteiger partial charge < -0.3 is 5.32 Å². The molecule has 2 atom stereocenters. The number of nitrogens with zero attached hydrogens (tertiary/aromatic N) is 3. The van der Waals surface area contributed by atoms with Crippen LogP contribution in [0.2, 0.25) is 0 Å². The van der Waals surface area contributed by atoms with Gasteiger partial charge in [-0.2, -0.15) is 18.4 Å². The van der Waals surface area contributed by atoms with Crippen LogP contribution in [0.4, 0.5) is 33.7 Å². The number of fused-ring (bicyclic) bond motifs is 1. The van der Waals surface area contributed by atoms with Crippen molar-refractivity contribution in [2.24, 2.45) is 0 Å². The fraction of sp³-hybridized carbons (Fsp3) is 0.348. The molecule has 1 saturated carbocycles. The number of benzene rings is 2. The summed E-state index contributed by atoms with van der Waals surface area (Å²) in [7, 11) is 1.37. The van der Waals surface area contributed by atoms with Gasteiger partial charge in [-0.15, -0.1) is 0 Å². The van der Waals surface area contributed by atoms with Crippen molar-refractivity contribution >= 4 is 23.3 Å². The molecule has 6 nitrogen and oxygen atoms in total. The number of rotatable bonds is 3. The Bertz CT molecular complexity index is 1160. The van der Waals surface area contributed by atoms with Crippen molar-refractivity contribution in [3.05, 3.63) is 58.9 Å². The van der Waals surface area contributed by atoms with Gasteiger partial charge in [-0.3, -0.25) is 14.6 Å². The van der Waals surface area contributed by atoms with Gasteiger partial charge in [0, 0.05) is 18.4 Å². The van der Waals surface area contributed by atoms with E-state index in [1.165, 1.54) is 41.1 Å². The summed E-state index contributed by atoms with van der Waals surface area (Å²) in [4.78, 5) is 28.0. The van der Waals surface area contributed by atoms with Crippen LogP contribution < -0.4 is 15.1 Å². The first-order chi connectivity index (χ1) is 15.7. The highest BCUT2D eigenvalue weighted by Gasteiger charge is 2.48. The second-order valence-electron chi connectivity index (χ2n) is 8.02. The summed E-state index contributed by atoms with van der Waals surface area (Å²) in [6, 6.07) is 7.25. The van der Waals surface area contributed by atoms with E-state index in [1.807, 2.05) is 0 Å². The van der Waals surface area contributed by atoms with Crippen LogP contribution in [0.1, 0.15) is 47.2 Å². The van der Waals surface area contributed by atoms with E-state index in [1.54, 1.807) is 0 Å². The third kappa shape index (κ3) is 3.88. The summed E-state index contributed by atoms with van der Waals surface area (Å²) < 4.78 is 55.1. The molecule has 2 aromatic carbocycles. The van der Waals surface area contributed by atoms with Gasteiger partial charge in [-0.25, -0.2) is 9.18 Å². The van der Waals surface area contributed by atoms with E-state index in [2.05, 4.69) is 5.32 Å². The molecule has 0 bridgehead atoms. The molecule has 1 aliphatic heterocycles. The Balaban J connectivity index is 1.77. The second-order valence-corrected chi connectivity index (χ2v) is 8.02. The van der Waals surface area contributed by atoms with Gasteiger partial charge in [0.15, 0.2) is 0 Å². The highest BCUT2D eigenvalue weighted by atomic mass is 19.4. The third-order valence-corrected chi connectivity index (χ3v) is 6.18. The van der Waals surface area contributed by atoms with Crippen LogP contribution >= 0.6 is 0 Å². The maximum atomic E-state index is 14.6. The monoisotopic (exact) mass is 460 g/mol. The number of carbonyl (C=O) groups excluding carboxylic acids is 2. The molecule has 1 heterocycles. The molecule has 0 spiro atoms. The lowest BCUT2D eigenvalue weighted by atomic mass is 9.89. The molecule has 2 aromatic rings.